The first-order valence-corrected chi connectivity index (χ1v) is 21.9. The molecule has 3 atom stereocenters. The van der Waals surface area contributed by atoms with Crippen LogP contribution in [0.15, 0.2) is 116 Å². The molecule has 0 aliphatic carbocycles. The van der Waals surface area contributed by atoms with Crippen LogP contribution in [0.1, 0.15) is 122 Å². The molecule has 0 fully saturated rings. The number of benzene rings is 3. The van der Waals surface area contributed by atoms with Crippen molar-refractivity contribution in [2.75, 3.05) is 6.61 Å². The van der Waals surface area contributed by atoms with Gasteiger partial charge in [-0.15, -0.1) is 24.8 Å². The Kier molecular flexibility index (Phi) is 40.7. The van der Waals surface area contributed by atoms with Crippen molar-refractivity contribution in [1.29, 1.82) is 0 Å². The molecule has 0 heterocycles. The van der Waals surface area contributed by atoms with Crippen molar-refractivity contribution in [1.82, 2.24) is 0 Å². The van der Waals surface area contributed by atoms with Crippen LogP contribution in [0.2, 0.25) is 25.7 Å². The third-order valence-corrected chi connectivity index (χ3v) is 8.54. The number of allylic oxidation sites excluding steroid dienone is 2. The molecule has 0 spiro atoms. The number of halogens is 1. The SMILES string of the molecule is C=CC(CC)c1ccccc1.C=CC[Si](C)(C)C.CC.CC.CC.CCC(CCO)c1ccccc1.CCC(Cl)c1ccccc1. The Morgan fingerprint density at radius 1 is 0.630 bits per heavy atom. The molecule has 0 bridgehead atoms. The lowest BCUT2D eigenvalue weighted by molar-refractivity contribution is 0.274. The van der Waals surface area contributed by atoms with E-state index in [1.54, 1.807) is 0 Å². The van der Waals surface area contributed by atoms with Gasteiger partial charge in [0.25, 0.3) is 0 Å². The lowest BCUT2D eigenvalue weighted by atomic mass is 9.94. The summed E-state index contributed by atoms with van der Waals surface area (Å²) in [5.74, 6) is 1.05. The molecule has 262 valence electrons. The maximum absolute atomic E-state index is 8.83. The van der Waals surface area contributed by atoms with Crippen molar-refractivity contribution in [2.45, 2.75) is 131 Å². The number of aliphatic hydroxyl groups excluding tert-OH is 1. The quantitative estimate of drug-likeness (QED) is 0.122. The molecule has 0 aliphatic rings. The van der Waals surface area contributed by atoms with Crippen LogP contribution in [-0.4, -0.2) is 19.8 Å². The van der Waals surface area contributed by atoms with Gasteiger partial charge in [0, 0.05) is 20.6 Å². The second-order valence-corrected chi connectivity index (χ2v) is 17.1. The molecule has 0 saturated carbocycles. The highest BCUT2D eigenvalue weighted by molar-refractivity contribution is 6.76. The predicted molar refractivity (Wildman–Crippen MR) is 219 cm³/mol. The number of hydrogen-bond donors (Lipinski definition) is 1. The Morgan fingerprint density at radius 2 is 1.02 bits per heavy atom. The molecule has 3 heteroatoms. The van der Waals surface area contributed by atoms with Crippen molar-refractivity contribution >= 4 is 19.7 Å². The molecule has 3 aromatic rings. The molecule has 3 unspecified atom stereocenters. The molecule has 0 amide bonds. The zero-order valence-corrected chi connectivity index (χ0v) is 33.8. The van der Waals surface area contributed by atoms with E-state index in [0.29, 0.717) is 11.8 Å². The van der Waals surface area contributed by atoms with Gasteiger partial charge in [-0.2, -0.15) is 0 Å². The van der Waals surface area contributed by atoms with Gasteiger partial charge in [0.05, 0.1) is 5.38 Å². The van der Waals surface area contributed by atoms with E-state index >= 15 is 0 Å². The Morgan fingerprint density at radius 3 is 1.28 bits per heavy atom. The zero-order valence-electron chi connectivity index (χ0n) is 32.0. The fraction of sp³-hybridized carbons (Fsp3) is 0.488. The zero-order chi connectivity index (χ0) is 36.2. The van der Waals surface area contributed by atoms with E-state index in [9.17, 15) is 0 Å². The normalized spacial score (nSPS) is 11.3. The Balaban J connectivity index is -0.000000245. The van der Waals surface area contributed by atoms with Crippen molar-refractivity contribution in [3.63, 3.8) is 0 Å². The van der Waals surface area contributed by atoms with Gasteiger partial charge < -0.3 is 5.11 Å². The molecule has 3 rings (SSSR count). The van der Waals surface area contributed by atoms with Crippen LogP contribution < -0.4 is 0 Å². The third kappa shape index (κ3) is 29.0. The van der Waals surface area contributed by atoms with E-state index < -0.39 is 8.07 Å². The van der Waals surface area contributed by atoms with Crippen molar-refractivity contribution in [2.24, 2.45) is 0 Å². The van der Waals surface area contributed by atoms with Crippen molar-refractivity contribution in [3.05, 3.63) is 133 Å². The molecular formula is C43H73ClOSi. The maximum Gasteiger partial charge on any atom is 0.0582 e. The van der Waals surface area contributed by atoms with E-state index in [-0.39, 0.29) is 12.0 Å². The minimum Gasteiger partial charge on any atom is -0.396 e. The number of alkyl halides is 1. The first-order valence-electron chi connectivity index (χ1n) is 17.8. The monoisotopic (exact) mass is 669 g/mol. The summed E-state index contributed by atoms with van der Waals surface area (Å²) in [5, 5.41) is 9.01. The lowest BCUT2D eigenvalue weighted by Gasteiger charge is -2.12. The van der Waals surface area contributed by atoms with Crippen LogP contribution >= 0.6 is 11.6 Å². The average Bonchev–Trinajstić information content (AvgIpc) is 3.11. The summed E-state index contributed by atoms with van der Waals surface area (Å²) in [6, 6.07) is 32.3. The van der Waals surface area contributed by atoms with Crippen molar-refractivity contribution in [3.8, 4) is 0 Å². The van der Waals surface area contributed by atoms with Gasteiger partial charge in [0.2, 0.25) is 0 Å². The smallest absolute Gasteiger partial charge is 0.0582 e. The molecule has 1 nitrogen and oxygen atoms in total. The van der Waals surface area contributed by atoms with Crippen LogP contribution in [0.25, 0.3) is 0 Å². The number of rotatable bonds is 11. The molecule has 3 aromatic carbocycles. The average molecular weight is 670 g/mol. The summed E-state index contributed by atoms with van der Waals surface area (Å²) in [5.41, 5.74) is 3.92. The predicted octanol–water partition coefficient (Wildman–Crippen LogP) is 14.9. The Hall–Kier alpha value is -2.39. The van der Waals surface area contributed by atoms with Crippen molar-refractivity contribution < 1.29 is 5.11 Å². The second kappa shape index (κ2) is 37.1. The van der Waals surface area contributed by atoms with Crippen LogP contribution in [-0.2, 0) is 0 Å². The largest absolute Gasteiger partial charge is 0.396 e. The minimum absolute atomic E-state index is 0.182. The second-order valence-electron chi connectivity index (χ2n) is 11.0. The lowest BCUT2D eigenvalue weighted by Crippen LogP contribution is -2.16. The summed E-state index contributed by atoms with van der Waals surface area (Å²) in [4.78, 5) is 0. The van der Waals surface area contributed by atoms with Crippen LogP contribution in [0.4, 0.5) is 0 Å². The van der Waals surface area contributed by atoms with Gasteiger partial charge in [-0.05, 0) is 54.3 Å². The fourth-order valence-electron chi connectivity index (χ4n) is 4.06. The number of hydrogen-bond acceptors (Lipinski definition) is 1. The Bertz CT molecular complexity index is 984. The standard InChI is InChI=1S/C11H16O.C11H14.C9H11Cl.C6H14Si.3C2H6/c1-2-10(8-9-12)11-6-4-3-5-7-11;1-3-10(4-2)11-8-6-5-7-9-11;1-2-9(10)8-6-4-3-5-7-8;1-5-6-7(2,3)4;3*1-2/h3-7,10,12H,2,8-9H2,1H3;3,5-10H,1,4H2,2H3;3-7,9H,2H2,1H3;5H,1,6H2,2-4H3;3*1-2H3. The fourth-order valence-corrected chi connectivity index (χ4v) is 5.07. The van der Waals surface area contributed by atoms with Gasteiger partial charge in [-0.25, -0.2) is 0 Å². The summed E-state index contributed by atoms with van der Waals surface area (Å²) in [7, 11) is -0.775. The van der Waals surface area contributed by atoms with Crippen LogP contribution in [0.5, 0.6) is 0 Å². The van der Waals surface area contributed by atoms with E-state index in [1.165, 1.54) is 22.7 Å². The van der Waals surface area contributed by atoms with Crippen LogP contribution in [0.3, 0.4) is 0 Å². The van der Waals surface area contributed by atoms with E-state index in [4.69, 9.17) is 16.7 Å². The summed E-state index contributed by atoms with van der Waals surface area (Å²) in [6.45, 7) is 33.2. The highest BCUT2D eigenvalue weighted by Crippen LogP contribution is 2.23. The van der Waals surface area contributed by atoms with Gasteiger partial charge in [0.1, 0.15) is 0 Å². The van der Waals surface area contributed by atoms with E-state index in [2.05, 4.69) is 114 Å². The summed E-state index contributed by atoms with van der Waals surface area (Å²) in [6.07, 6.45) is 8.13. The highest BCUT2D eigenvalue weighted by atomic mass is 35.5. The first-order chi connectivity index (χ1) is 22.2. The minimum atomic E-state index is -0.775. The summed E-state index contributed by atoms with van der Waals surface area (Å²) < 4.78 is 0. The molecule has 1 N–H and O–H groups in total. The molecule has 0 aromatic heterocycles. The summed E-state index contributed by atoms with van der Waals surface area (Å²) >= 11 is 5.99. The van der Waals surface area contributed by atoms with Gasteiger partial charge >= 0.3 is 0 Å². The molecule has 0 radical (unpaired) electrons. The molecular weight excluding hydrogens is 596 g/mol. The topological polar surface area (TPSA) is 20.2 Å². The first kappa shape index (κ1) is 50.5. The van der Waals surface area contributed by atoms with Gasteiger partial charge in [-0.3, -0.25) is 0 Å². The maximum atomic E-state index is 8.83. The van der Waals surface area contributed by atoms with Gasteiger partial charge in [-0.1, -0.05) is 185 Å². The van der Waals surface area contributed by atoms with Gasteiger partial charge in [0.15, 0.2) is 0 Å². The Labute approximate surface area is 294 Å². The molecule has 0 aliphatic heterocycles. The molecule has 46 heavy (non-hydrogen) atoms. The van der Waals surface area contributed by atoms with E-state index in [1.807, 2.05) is 84.0 Å². The third-order valence-electron chi connectivity index (χ3n) is 6.47. The number of aliphatic hydroxyl groups is 1. The molecule has 0 saturated heterocycles. The van der Waals surface area contributed by atoms with Crippen LogP contribution in [0, 0.1) is 0 Å². The van der Waals surface area contributed by atoms with E-state index in [0.717, 1.165) is 25.7 Å². The highest BCUT2D eigenvalue weighted by Gasteiger charge is 2.08.